The summed E-state index contributed by atoms with van der Waals surface area (Å²) >= 11 is 6.16. The molecule has 2 aliphatic heterocycles. The van der Waals surface area contributed by atoms with E-state index in [0.717, 1.165) is 49.3 Å². The van der Waals surface area contributed by atoms with E-state index >= 15 is 0 Å². The van der Waals surface area contributed by atoms with Crippen molar-refractivity contribution in [2.75, 3.05) is 13.1 Å². The third-order valence-electron chi connectivity index (χ3n) is 5.53. The second kappa shape index (κ2) is 7.05. The van der Waals surface area contributed by atoms with Crippen LogP contribution >= 0.6 is 11.6 Å². The van der Waals surface area contributed by atoms with E-state index in [1.165, 1.54) is 0 Å². The van der Waals surface area contributed by atoms with Gasteiger partial charge >= 0.3 is 0 Å². The van der Waals surface area contributed by atoms with Crippen LogP contribution in [0.1, 0.15) is 55.1 Å². The molecule has 5 nitrogen and oxygen atoms in total. The van der Waals surface area contributed by atoms with Crippen LogP contribution in [0.4, 0.5) is 0 Å². The third kappa shape index (κ3) is 3.03. The number of hydrogen-bond donors (Lipinski definition) is 1. The summed E-state index contributed by atoms with van der Waals surface area (Å²) in [5.74, 6) is 0.302. The SMILES string of the molecule is CC(C)c1c(C(=O)N2C3CCNCC2CC3)cnn1-c1cccc(Cl)c1. The monoisotopic (exact) mass is 372 g/mol. The Morgan fingerprint density at radius 1 is 1.27 bits per heavy atom. The number of nitrogens with one attached hydrogen (secondary N) is 1. The van der Waals surface area contributed by atoms with Crippen LogP contribution in [0.25, 0.3) is 5.69 Å². The molecule has 3 heterocycles. The Bertz CT molecular complexity index is 802. The maximum Gasteiger partial charge on any atom is 0.257 e. The average Bonchev–Trinajstić information content (AvgIpc) is 3.14. The summed E-state index contributed by atoms with van der Waals surface area (Å²) in [5.41, 5.74) is 2.56. The van der Waals surface area contributed by atoms with Crippen molar-refractivity contribution in [1.82, 2.24) is 20.0 Å². The van der Waals surface area contributed by atoms with E-state index in [1.807, 2.05) is 28.9 Å². The van der Waals surface area contributed by atoms with Crippen molar-refractivity contribution >= 4 is 17.5 Å². The van der Waals surface area contributed by atoms with Gasteiger partial charge in [-0.05, 0) is 49.9 Å². The topological polar surface area (TPSA) is 50.2 Å². The molecule has 2 aromatic rings. The number of hydrogen-bond acceptors (Lipinski definition) is 3. The van der Waals surface area contributed by atoms with Crippen molar-refractivity contribution in [3.63, 3.8) is 0 Å². The lowest BCUT2D eigenvalue weighted by Crippen LogP contribution is -2.42. The number of aromatic nitrogens is 2. The Kier molecular flexibility index (Phi) is 4.76. The minimum absolute atomic E-state index is 0.123. The molecule has 1 amide bonds. The summed E-state index contributed by atoms with van der Waals surface area (Å²) in [7, 11) is 0. The van der Waals surface area contributed by atoms with Crippen LogP contribution in [-0.4, -0.2) is 45.8 Å². The number of nitrogens with zero attached hydrogens (tertiary/aromatic N) is 3. The number of carbonyl (C=O) groups excluding carboxylic acids is 1. The lowest BCUT2D eigenvalue weighted by molar-refractivity contribution is 0.0678. The van der Waals surface area contributed by atoms with Crippen molar-refractivity contribution in [1.29, 1.82) is 0 Å². The zero-order valence-corrected chi connectivity index (χ0v) is 16.0. The standard InChI is InChI=1S/C20H25ClN4O/c1-13(2)19-18(12-23-25(19)16-5-3-4-14(21)10-16)20(26)24-15-6-7-17(24)11-22-9-8-15/h3-5,10,12-13,15,17,22H,6-9,11H2,1-2H3. The number of halogens is 1. The zero-order chi connectivity index (χ0) is 18.3. The fourth-order valence-corrected chi connectivity index (χ4v) is 4.53. The minimum Gasteiger partial charge on any atom is -0.331 e. The average molecular weight is 373 g/mol. The van der Waals surface area contributed by atoms with Gasteiger partial charge < -0.3 is 10.2 Å². The molecule has 2 unspecified atom stereocenters. The van der Waals surface area contributed by atoms with Gasteiger partial charge in [0.15, 0.2) is 0 Å². The van der Waals surface area contributed by atoms with Crippen LogP contribution in [0.3, 0.4) is 0 Å². The largest absolute Gasteiger partial charge is 0.331 e. The highest BCUT2D eigenvalue weighted by molar-refractivity contribution is 6.30. The van der Waals surface area contributed by atoms with E-state index in [4.69, 9.17) is 11.6 Å². The summed E-state index contributed by atoms with van der Waals surface area (Å²) in [4.78, 5) is 15.6. The first-order valence-corrected chi connectivity index (χ1v) is 9.81. The predicted octanol–water partition coefficient (Wildman–Crippen LogP) is 3.62. The van der Waals surface area contributed by atoms with E-state index in [9.17, 15) is 4.79 Å². The fraction of sp³-hybridized carbons (Fsp3) is 0.500. The molecule has 2 atom stereocenters. The van der Waals surface area contributed by atoms with Crippen molar-refractivity contribution in [2.24, 2.45) is 0 Å². The maximum absolute atomic E-state index is 13.5. The Balaban J connectivity index is 1.74. The van der Waals surface area contributed by atoms with Gasteiger partial charge in [0.05, 0.1) is 23.1 Å². The highest BCUT2D eigenvalue weighted by atomic mass is 35.5. The fourth-order valence-electron chi connectivity index (χ4n) is 4.34. The van der Waals surface area contributed by atoms with Gasteiger partial charge in [0, 0.05) is 23.7 Å². The molecule has 0 radical (unpaired) electrons. The van der Waals surface area contributed by atoms with Gasteiger partial charge in [-0.15, -0.1) is 0 Å². The first-order chi connectivity index (χ1) is 12.6. The predicted molar refractivity (Wildman–Crippen MR) is 103 cm³/mol. The number of fused-ring (bicyclic) bond motifs is 2. The first kappa shape index (κ1) is 17.6. The van der Waals surface area contributed by atoms with Gasteiger partial charge in [0.25, 0.3) is 5.91 Å². The molecule has 1 aromatic carbocycles. The molecule has 2 saturated heterocycles. The minimum atomic E-state index is 0.123. The third-order valence-corrected chi connectivity index (χ3v) is 5.76. The molecule has 1 aromatic heterocycles. The molecule has 2 aliphatic rings. The quantitative estimate of drug-likeness (QED) is 0.895. The number of rotatable bonds is 3. The van der Waals surface area contributed by atoms with Crippen LogP contribution < -0.4 is 5.32 Å². The van der Waals surface area contributed by atoms with E-state index in [-0.39, 0.29) is 11.8 Å². The lowest BCUT2D eigenvalue weighted by atomic mass is 10.0. The Morgan fingerprint density at radius 3 is 2.85 bits per heavy atom. The van der Waals surface area contributed by atoms with Crippen LogP contribution in [0.15, 0.2) is 30.5 Å². The zero-order valence-electron chi connectivity index (χ0n) is 15.3. The summed E-state index contributed by atoms with van der Waals surface area (Å²) in [5, 5.41) is 8.68. The number of carbonyl (C=O) groups is 1. The summed E-state index contributed by atoms with van der Waals surface area (Å²) in [6.07, 6.45) is 4.96. The molecule has 138 valence electrons. The molecular formula is C20H25ClN4O. The normalized spacial score (nSPS) is 22.7. The van der Waals surface area contributed by atoms with E-state index in [0.29, 0.717) is 17.1 Å². The van der Waals surface area contributed by atoms with Crippen molar-refractivity contribution in [3.8, 4) is 5.69 Å². The van der Waals surface area contributed by atoms with Crippen molar-refractivity contribution in [2.45, 2.75) is 51.1 Å². The van der Waals surface area contributed by atoms with Crippen LogP contribution in [0.5, 0.6) is 0 Å². The number of amides is 1. The molecule has 0 spiro atoms. The Hall–Kier alpha value is -1.85. The molecule has 1 N–H and O–H groups in total. The smallest absolute Gasteiger partial charge is 0.257 e. The van der Waals surface area contributed by atoms with Crippen LogP contribution in [0.2, 0.25) is 5.02 Å². The van der Waals surface area contributed by atoms with Gasteiger partial charge in [0.2, 0.25) is 0 Å². The van der Waals surface area contributed by atoms with Crippen LogP contribution in [0, 0.1) is 0 Å². The van der Waals surface area contributed by atoms with Gasteiger partial charge in [-0.25, -0.2) is 4.68 Å². The van der Waals surface area contributed by atoms with Gasteiger partial charge in [-0.1, -0.05) is 31.5 Å². The van der Waals surface area contributed by atoms with E-state index in [2.05, 4.69) is 29.2 Å². The summed E-state index contributed by atoms with van der Waals surface area (Å²) in [6, 6.07) is 8.25. The highest BCUT2D eigenvalue weighted by Gasteiger charge is 2.39. The second-order valence-corrected chi connectivity index (χ2v) is 8.02. The molecule has 0 aliphatic carbocycles. The van der Waals surface area contributed by atoms with Gasteiger partial charge in [-0.2, -0.15) is 5.10 Å². The molecule has 4 rings (SSSR count). The molecule has 2 fully saturated rings. The van der Waals surface area contributed by atoms with Crippen molar-refractivity contribution < 1.29 is 4.79 Å². The Labute approximate surface area is 159 Å². The van der Waals surface area contributed by atoms with Gasteiger partial charge in [0.1, 0.15) is 0 Å². The van der Waals surface area contributed by atoms with E-state index < -0.39 is 0 Å². The Morgan fingerprint density at radius 2 is 2.08 bits per heavy atom. The molecule has 26 heavy (non-hydrogen) atoms. The summed E-state index contributed by atoms with van der Waals surface area (Å²) < 4.78 is 1.86. The lowest BCUT2D eigenvalue weighted by Gasteiger charge is -2.28. The molecule has 0 saturated carbocycles. The molecule has 2 bridgehead atoms. The van der Waals surface area contributed by atoms with Gasteiger partial charge in [-0.3, -0.25) is 4.79 Å². The second-order valence-electron chi connectivity index (χ2n) is 7.58. The van der Waals surface area contributed by atoms with E-state index in [1.54, 1.807) is 6.20 Å². The summed E-state index contributed by atoms with van der Waals surface area (Å²) in [6.45, 7) is 6.09. The maximum atomic E-state index is 13.5. The number of benzene rings is 1. The first-order valence-electron chi connectivity index (χ1n) is 9.43. The van der Waals surface area contributed by atoms with Crippen LogP contribution in [-0.2, 0) is 0 Å². The highest BCUT2D eigenvalue weighted by Crippen LogP contribution is 2.32. The molecular weight excluding hydrogens is 348 g/mol. The molecule has 6 heteroatoms. The van der Waals surface area contributed by atoms with Crippen molar-refractivity contribution in [3.05, 3.63) is 46.7 Å².